The molecule has 0 aliphatic heterocycles. The molecule has 1 N–H and O–H groups in total. The molecule has 118 valence electrons. The van der Waals surface area contributed by atoms with Gasteiger partial charge in [-0.3, -0.25) is 4.79 Å². The van der Waals surface area contributed by atoms with Crippen LogP contribution in [0, 0.1) is 0 Å². The van der Waals surface area contributed by atoms with Crippen LogP contribution in [0.1, 0.15) is 11.6 Å². The normalized spacial score (nSPS) is 11.3. The molecule has 3 nitrogen and oxygen atoms in total. The van der Waals surface area contributed by atoms with E-state index in [1.54, 1.807) is 17.1 Å². The van der Waals surface area contributed by atoms with Crippen LogP contribution in [0.2, 0.25) is 0 Å². The maximum Gasteiger partial charge on any atom is 0.250 e. The summed E-state index contributed by atoms with van der Waals surface area (Å²) in [6.45, 7) is 8.45. The molecule has 2 rings (SSSR count). The third-order valence-corrected chi connectivity index (χ3v) is 3.48. The molecule has 0 aliphatic carbocycles. The zero-order chi connectivity index (χ0) is 16.5. The molecular formula is C20H22N2O. The molecule has 2 aromatic carbocycles. The number of nitrogens with zero attached hydrogens (tertiary/aromatic N) is 1. The Morgan fingerprint density at radius 3 is 2.00 bits per heavy atom. The van der Waals surface area contributed by atoms with Gasteiger partial charge in [-0.1, -0.05) is 60.7 Å². The fourth-order valence-corrected chi connectivity index (χ4v) is 2.38. The van der Waals surface area contributed by atoms with Crippen molar-refractivity contribution in [1.82, 2.24) is 4.90 Å². The van der Waals surface area contributed by atoms with Gasteiger partial charge in [0.15, 0.2) is 0 Å². The van der Waals surface area contributed by atoms with Gasteiger partial charge in [-0.15, -0.1) is 13.2 Å². The molecule has 1 unspecified atom stereocenters. The summed E-state index contributed by atoms with van der Waals surface area (Å²) < 4.78 is 0. The summed E-state index contributed by atoms with van der Waals surface area (Å²) in [5, 5.41) is 3.33. The van der Waals surface area contributed by atoms with Crippen LogP contribution in [0.25, 0.3) is 0 Å². The summed E-state index contributed by atoms with van der Waals surface area (Å²) in [6.07, 6.45) is 3.46. The minimum absolute atomic E-state index is 0.000136. The number of carbonyl (C=O) groups excluding carboxylic acids is 1. The van der Waals surface area contributed by atoms with E-state index in [4.69, 9.17) is 0 Å². The lowest BCUT2D eigenvalue weighted by molar-refractivity contribution is -0.131. The quantitative estimate of drug-likeness (QED) is 0.747. The van der Waals surface area contributed by atoms with Crippen molar-refractivity contribution in [2.24, 2.45) is 0 Å². The van der Waals surface area contributed by atoms with Crippen LogP contribution < -0.4 is 5.32 Å². The summed E-state index contributed by atoms with van der Waals surface area (Å²) in [5.74, 6) is -0.000136. The molecule has 2 aromatic rings. The average Bonchev–Trinajstić information content (AvgIpc) is 2.60. The molecule has 0 spiro atoms. The molecule has 1 amide bonds. The SMILES string of the molecule is C=CCN(CC=C)C(=O)C(Nc1ccccc1)c1ccccc1. The Balaban J connectivity index is 2.30. The number of anilines is 1. The van der Waals surface area contributed by atoms with Gasteiger partial charge in [0, 0.05) is 18.8 Å². The van der Waals surface area contributed by atoms with E-state index in [1.165, 1.54) is 0 Å². The van der Waals surface area contributed by atoms with Crippen molar-refractivity contribution in [3.05, 3.63) is 91.5 Å². The highest BCUT2D eigenvalue weighted by molar-refractivity contribution is 5.86. The highest BCUT2D eigenvalue weighted by atomic mass is 16.2. The fourth-order valence-electron chi connectivity index (χ4n) is 2.38. The van der Waals surface area contributed by atoms with Crippen LogP contribution in [0.3, 0.4) is 0 Å². The first-order valence-corrected chi connectivity index (χ1v) is 7.63. The Labute approximate surface area is 138 Å². The molecule has 23 heavy (non-hydrogen) atoms. The van der Waals surface area contributed by atoms with E-state index in [-0.39, 0.29) is 5.91 Å². The zero-order valence-electron chi connectivity index (χ0n) is 13.2. The van der Waals surface area contributed by atoms with Crippen molar-refractivity contribution < 1.29 is 4.79 Å². The maximum atomic E-state index is 13.0. The molecule has 0 radical (unpaired) electrons. The van der Waals surface area contributed by atoms with Gasteiger partial charge >= 0.3 is 0 Å². The average molecular weight is 306 g/mol. The lowest BCUT2D eigenvalue weighted by Gasteiger charge is -2.27. The number of nitrogens with one attached hydrogen (secondary N) is 1. The van der Waals surface area contributed by atoms with Crippen LogP contribution in [-0.4, -0.2) is 23.9 Å². The molecular weight excluding hydrogens is 284 g/mol. The van der Waals surface area contributed by atoms with Gasteiger partial charge in [0.25, 0.3) is 0 Å². The number of benzene rings is 2. The van der Waals surface area contributed by atoms with Gasteiger partial charge in [-0.2, -0.15) is 0 Å². The minimum atomic E-state index is -0.446. The molecule has 0 heterocycles. The predicted octanol–water partition coefficient (Wildman–Crippen LogP) is 4.04. The Morgan fingerprint density at radius 2 is 1.48 bits per heavy atom. The molecule has 0 aromatic heterocycles. The topological polar surface area (TPSA) is 32.3 Å². The van der Waals surface area contributed by atoms with Crippen LogP contribution in [0.4, 0.5) is 5.69 Å². The minimum Gasteiger partial charge on any atom is -0.370 e. The molecule has 0 fully saturated rings. The smallest absolute Gasteiger partial charge is 0.250 e. The van der Waals surface area contributed by atoms with Gasteiger partial charge in [0.2, 0.25) is 5.91 Å². The van der Waals surface area contributed by atoms with Crippen molar-refractivity contribution in [3.63, 3.8) is 0 Å². The van der Waals surface area contributed by atoms with Crippen molar-refractivity contribution in [2.45, 2.75) is 6.04 Å². The monoisotopic (exact) mass is 306 g/mol. The molecule has 0 saturated carbocycles. The summed E-state index contributed by atoms with van der Waals surface area (Å²) in [5.41, 5.74) is 1.84. The van der Waals surface area contributed by atoms with E-state index in [0.717, 1.165) is 11.3 Å². The number of para-hydroxylation sites is 1. The lowest BCUT2D eigenvalue weighted by Crippen LogP contribution is -2.38. The Kier molecular flexibility index (Phi) is 6.18. The predicted molar refractivity (Wildman–Crippen MR) is 96.2 cm³/mol. The largest absolute Gasteiger partial charge is 0.370 e. The zero-order valence-corrected chi connectivity index (χ0v) is 13.2. The second-order valence-electron chi connectivity index (χ2n) is 5.17. The van der Waals surface area contributed by atoms with Crippen LogP contribution in [0.15, 0.2) is 86.0 Å². The number of hydrogen-bond donors (Lipinski definition) is 1. The number of rotatable bonds is 8. The highest BCUT2D eigenvalue weighted by Crippen LogP contribution is 2.22. The lowest BCUT2D eigenvalue weighted by atomic mass is 10.0. The van der Waals surface area contributed by atoms with Crippen molar-refractivity contribution in [3.8, 4) is 0 Å². The van der Waals surface area contributed by atoms with Crippen molar-refractivity contribution in [2.75, 3.05) is 18.4 Å². The van der Waals surface area contributed by atoms with Crippen molar-refractivity contribution >= 4 is 11.6 Å². The van der Waals surface area contributed by atoms with Gasteiger partial charge < -0.3 is 10.2 Å². The summed E-state index contributed by atoms with van der Waals surface area (Å²) in [4.78, 5) is 14.7. The first-order valence-electron chi connectivity index (χ1n) is 7.63. The van der Waals surface area contributed by atoms with E-state index in [9.17, 15) is 4.79 Å². The summed E-state index contributed by atoms with van der Waals surface area (Å²) >= 11 is 0. The van der Waals surface area contributed by atoms with Crippen LogP contribution in [-0.2, 0) is 4.79 Å². The fraction of sp³-hybridized carbons (Fsp3) is 0.150. The highest BCUT2D eigenvalue weighted by Gasteiger charge is 2.24. The van der Waals surface area contributed by atoms with E-state index >= 15 is 0 Å². The van der Waals surface area contributed by atoms with Gasteiger partial charge in [0.05, 0.1) is 0 Å². The first kappa shape index (κ1) is 16.6. The Morgan fingerprint density at radius 1 is 0.957 bits per heavy atom. The van der Waals surface area contributed by atoms with E-state index in [1.807, 2.05) is 60.7 Å². The molecule has 1 atom stereocenters. The van der Waals surface area contributed by atoms with Crippen LogP contribution >= 0.6 is 0 Å². The number of hydrogen-bond acceptors (Lipinski definition) is 2. The second kappa shape index (κ2) is 8.59. The Hall–Kier alpha value is -2.81. The number of amides is 1. The van der Waals surface area contributed by atoms with Crippen LogP contribution in [0.5, 0.6) is 0 Å². The van der Waals surface area contributed by atoms with Gasteiger partial charge in [0.1, 0.15) is 6.04 Å². The molecule has 3 heteroatoms. The summed E-state index contributed by atoms with van der Waals surface area (Å²) in [6, 6.07) is 19.0. The van der Waals surface area contributed by atoms with Crippen molar-refractivity contribution in [1.29, 1.82) is 0 Å². The van der Waals surface area contributed by atoms with Gasteiger partial charge in [-0.25, -0.2) is 0 Å². The standard InChI is InChI=1S/C20H22N2O/c1-3-15-22(16-4-2)20(23)19(17-11-7-5-8-12-17)21-18-13-9-6-10-14-18/h3-14,19,21H,1-2,15-16H2. The second-order valence-corrected chi connectivity index (χ2v) is 5.17. The first-order chi connectivity index (χ1) is 11.3. The van der Waals surface area contributed by atoms with E-state index < -0.39 is 6.04 Å². The van der Waals surface area contributed by atoms with Gasteiger partial charge in [-0.05, 0) is 17.7 Å². The maximum absolute atomic E-state index is 13.0. The number of carbonyl (C=O) groups is 1. The van der Waals surface area contributed by atoms with E-state index in [0.29, 0.717) is 13.1 Å². The summed E-state index contributed by atoms with van der Waals surface area (Å²) in [7, 11) is 0. The Bertz CT molecular complexity index is 627. The van der Waals surface area contributed by atoms with E-state index in [2.05, 4.69) is 18.5 Å². The molecule has 0 bridgehead atoms. The molecule has 0 saturated heterocycles. The third kappa shape index (κ3) is 4.58. The molecule has 0 aliphatic rings. The third-order valence-electron chi connectivity index (χ3n) is 3.48.